The fraction of sp³-hybridized carbons (Fsp3) is 0.588. The van der Waals surface area contributed by atoms with E-state index in [4.69, 9.17) is 9.47 Å². The Hall–Kier alpha value is -1.02. The molecule has 0 spiro atoms. The van der Waals surface area contributed by atoms with Gasteiger partial charge in [0.2, 0.25) is 0 Å². The molecule has 5 nitrogen and oxygen atoms in total. The van der Waals surface area contributed by atoms with Crippen molar-refractivity contribution in [3.8, 4) is 5.75 Å². The van der Waals surface area contributed by atoms with Crippen LogP contribution >= 0.6 is 24.0 Å². The van der Waals surface area contributed by atoms with Gasteiger partial charge in [0.25, 0.3) is 0 Å². The van der Waals surface area contributed by atoms with Crippen molar-refractivity contribution >= 4 is 29.9 Å². The molecule has 0 unspecified atom stereocenters. The van der Waals surface area contributed by atoms with E-state index in [0.29, 0.717) is 0 Å². The zero-order valence-corrected chi connectivity index (χ0v) is 16.8. The van der Waals surface area contributed by atoms with Gasteiger partial charge in [0.1, 0.15) is 5.75 Å². The van der Waals surface area contributed by atoms with Gasteiger partial charge in [0.05, 0.1) is 6.61 Å². The Morgan fingerprint density at radius 2 is 1.65 bits per heavy atom. The van der Waals surface area contributed by atoms with Gasteiger partial charge in [0, 0.05) is 33.9 Å². The first-order valence-corrected chi connectivity index (χ1v) is 7.89. The van der Waals surface area contributed by atoms with Crippen molar-refractivity contribution in [2.75, 3.05) is 40.5 Å². The summed E-state index contributed by atoms with van der Waals surface area (Å²) in [4.78, 5) is 4.18. The van der Waals surface area contributed by atoms with Crippen LogP contribution in [0.1, 0.15) is 24.8 Å². The number of hydrogen-bond donors (Lipinski definition) is 2. The molecule has 23 heavy (non-hydrogen) atoms. The zero-order chi connectivity index (χ0) is 16.0. The topological polar surface area (TPSA) is 54.9 Å². The summed E-state index contributed by atoms with van der Waals surface area (Å²) in [6, 6.07) is 8.16. The summed E-state index contributed by atoms with van der Waals surface area (Å²) in [6.07, 6.45) is 3.04. The smallest absolute Gasteiger partial charge is 0.190 e. The highest BCUT2D eigenvalue weighted by atomic mass is 127. The van der Waals surface area contributed by atoms with Crippen LogP contribution in [-0.4, -0.2) is 46.4 Å². The van der Waals surface area contributed by atoms with Crippen LogP contribution in [-0.2, 0) is 4.74 Å². The first-order valence-electron chi connectivity index (χ1n) is 7.89. The van der Waals surface area contributed by atoms with Gasteiger partial charge in [-0.3, -0.25) is 4.99 Å². The second kappa shape index (κ2) is 14.6. The minimum Gasteiger partial charge on any atom is -0.494 e. The van der Waals surface area contributed by atoms with E-state index in [0.717, 1.165) is 57.3 Å². The minimum atomic E-state index is 0. The van der Waals surface area contributed by atoms with Crippen LogP contribution < -0.4 is 15.4 Å². The van der Waals surface area contributed by atoms with Crippen LogP contribution in [0.2, 0.25) is 0 Å². The molecule has 2 N–H and O–H groups in total. The van der Waals surface area contributed by atoms with E-state index in [2.05, 4.69) is 34.7 Å². The Kier molecular flexibility index (Phi) is 13.9. The number of benzene rings is 1. The van der Waals surface area contributed by atoms with Crippen molar-refractivity contribution in [2.45, 2.75) is 26.2 Å². The summed E-state index contributed by atoms with van der Waals surface area (Å²) in [5.74, 6) is 1.78. The Morgan fingerprint density at radius 1 is 1.00 bits per heavy atom. The Bertz CT molecular complexity index is 424. The van der Waals surface area contributed by atoms with Crippen LogP contribution in [0.3, 0.4) is 0 Å². The third kappa shape index (κ3) is 11.2. The first-order chi connectivity index (χ1) is 10.8. The fourth-order valence-electron chi connectivity index (χ4n) is 1.90. The van der Waals surface area contributed by atoms with Crippen molar-refractivity contribution in [1.82, 2.24) is 10.6 Å². The van der Waals surface area contributed by atoms with Gasteiger partial charge in [-0.05, 0) is 38.3 Å². The van der Waals surface area contributed by atoms with Gasteiger partial charge in [-0.15, -0.1) is 24.0 Å². The number of methoxy groups -OCH3 is 1. The molecule has 0 aliphatic carbocycles. The molecule has 6 heteroatoms. The van der Waals surface area contributed by atoms with E-state index in [9.17, 15) is 0 Å². The van der Waals surface area contributed by atoms with Crippen molar-refractivity contribution in [3.63, 3.8) is 0 Å². The highest BCUT2D eigenvalue weighted by Gasteiger charge is 1.97. The maximum Gasteiger partial charge on any atom is 0.190 e. The highest BCUT2D eigenvalue weighted by Crippen LogP contribution is 2.11. The molecule has 132 valence electrons. The van der Waals surface area contributed by atoms with Crippen molar-refractivity contribution in [1.29, 1.82) is 0 Å². The number of rotatable bonds is 10. The number of nitrogens with zero attached hydrogens (tertiary/aromatic N) is 1. The normalized spacial score (nSPS) is 10.8. The average Bonchev–Trinajstić information content (AvgIpc) is 2.54. The maximum absolute atomic E-state index is 5.70. The predicted octanol–water partition coefficient (Wildman–Crippen LogP) is 2.97. The van der Waals surface area contributed by atoms with E-state index in [-0.39, 0.29) is 24.0 Å². The van der Waals surface area contributed by atoms with E-state index in [1.165, 1.54) is 5.56 Å². The molecular weight excluding hydrogens is 405 g/mol. The van der Waals surface area contributed by atoms with Crippen molar-refractivity contribution in [3.05, 3.63) is 29.8 Å². The molecule has 1 aromatic rings. The molecule has 0 aliphatic rings. The van der Waals surface area contributed by atoms with Gasteiger partial charge < -0.3 is 20.1 Å². The molecule has 0 amide bonds. The molecule has 0 aliphatic heterocycles. The molecule has 1 aromatic carbocycles. The Balaban J connectivity index is 0.00000484. The van der Waals surface area contributed by atoms with Crippen molar-refractivity contribution < 1.29 is 9.47 Å². The summed E-state index contributed by atoms with van der Waals surface area (Å²) in [6.45, 7) is 5.34. The largest absolute Gasteiger partial charge is 0.494 e. The molecular formula is C17H30IN3O2. The second-order valence-corrected chi connectivity index (χ2v) is 5.14. The van der Waals surface area contributed by atoms with Crippen molar-refractivity contribution in [2.24, 2.45) is 4.99 Å². The average molecular weight is 435 g/mol. The fourth-order valence-corrected chi connectivity index (χ4v) is 1.90. The lowest BCUT2D eigenvalue weighted by Crippen LogP contribution is -2.38. The lowest BCUT2D eigenvalue weighted by Gasteiger charge is -2.11. The number of aryl methyl sites for hydroxylation is 1. The van der Waals surface area contributed by atoms with E-state index >= 15 is 0 Å². The van der Waals surface area contributed by atoms with Crippen LogP contribution in [0.5, 0.6) is 5.75 Å². The summed E-state index contributed by atoms with van der Waals surface area (Å²) >= 11 is 0. The third-order valence-corrected chi connectivity index (χ3v) is 3.19. The quantitative estimate of drug-likeness (QED) is 0.257. The molecule has 0 saturated carbocycles. The van der Waals surface area contributed by atoms with E-state index in [1.54, 1.807) is 14.2 Å². The second-order valence-electron chi connectivity index (χ2n) is 5.14. The maximum atomic E-state index is 5.70. The number of unbranched alkanes of at least 4 members (excludes halogenated alkanes) is 1. The van der Waals surface area contributed by atoms with E-state index in [1.807, 2.05) is 12.1 Å². The van der Waals surface area contributed by atoms with Crippen LogP contribution in [0.4, 0.5) is 0 Å². The first kappa shape index (κ1) is 22.0. The summed E-state index contributed by atoms with van der Waals surface area (Å²) in [7, 11) is 3.50. The number of aliphatic imine (C=N–C) groups is 1. The SMILES string of the molecule is CN=C(NCCCCOc1ccc(C)cc1)NCCCOC.I. The number of hydrogen-bond acceptors (Lipinski definition) is 3. The summed E-state index contributed by atoms with van der Waals surface area (Å²) in [5, 5.41) is 6.55. The molecule has 0 radical (unpaired) electrons. The lowest BCUT2D eigenvalue weighted by atomic mass is 10.2. The predicted molar refractivity (Wildman–Crippen MR) is 107 cm³/mol. The molecule has 0 atom stereocenters. The Labute approximate surface area is 157 Å². The van der Waals surface area contributed by atoms with Gasteiger partial charge in [-0.1, -0.05) is 17.7 Å². The number of halogens is 1. The van der Waals surface area contributed by atoms with Gasteiger partial charge >= 0.3 is 0 Å². The van der Waals surface area contributed by atoms with Gasteiger partial charge in [-0.2, -0.15) is 0 Å². The van der Waals surface area contributed by atoms with Crippen LogP contribution in [0, 0.1) is 6.92 Å². The zero-order valence-electron chi connectivity index (χ0n) is 14.4. The van der Waals surface area contributed by atoms with Crippen LogP contribution in [0.15, 0.2) is 29.3 Å². The minimum absolute atomic E-state index is 0. The molecule has 0 saturated heterocycles. The molecule has 0 aromatic heterocycles. The highest BCUT2D eigenvalue weighted by molar-refractivity contribution is 14.0. The summed E-state index contributed by atoms with van der Waals surface area (Å²) < 4.78 is 10.7. The van der Waals surface area contributed by atoms with Gasteiger partial charge in [-0.25, -0.2) is 0 Å². The monoisotopic (exact) mass is 435 g/mol. The Morgan fingerprint density at radius 3 is 2.26 bits per heavy atom. The molecule has 0 bridgehead atoms. The molecule has 1 rings (SSSR count). The third-order valence-electron chi connectivity index (χ3n) is 3.19. The molecule has 0 heterocycles. The number of ether oxygens (including phenoxy) is 2. The number of guanidine groups is 1. The molecule has 0 fully saturated rings. The standard InChI is InChI=1S/C17H29N3O2.HI/c1-15-7-9-16(10-8-15)22-14-5-4-11-19-17(18-2)20-12-6-13-21-3;/h7-10H,4-6,11-14H2,1-3H3,(H2,18,19,20);1H. The summed E-state index contributed by atoms with van der Waals surface area (Å²) in [5.41, 5.74) is 1.25. The number of nitrogens with one attached hydrogen (secondary N) is 2. The van der Waals surface area contributed by atoms with Crippen LogP contribution in [0.25, 0.3) is 0 Å². The van der Waals surface area contributed by atoms with E-state index < -0.39 is 0 Å². The lowest BCUT2D eigenvalue weighted by molar-refractivity contribution is 0.195. The van der Waals surface area contributed by atoms with Gasteiger partial charge in [0.15, 0.2) is 5.96 Å².